The summed E-state index contributed by atoms with van der Waals surface area (Å²) in [6.07, 6.45) is 5.01. The second kappa shape index (κ2) is 6.29. The number of rotatable bonds is 5. The topological polar surface area (TPSA) is 45.2 Å². The molecule has 0 bridgehead atoms. The van der Waals surface area contributed by atoms with Gasteiger partial charge in [0.15, 0.2) is 0 Å². The van der Waals surface area contributed by atoms with Crippen molar-refractivity contribution < 1.29 is 4.79 Å². The molecular formula is C13H21N3OS. The maximum Gasteiger partial charge on any atom is 0.236 e. The molecule has 0 saturated heterocycles. The second-order valence-corrected chi connectivity index (χ2v) is 5.91. The van der Waals surface area contributed by atoms with E-state index < -0.39 is 0 Å². The van der Waals surface area contributed by atoms with Crippen molar-refractivity contribution in [2.24, 2.45) is 0 Å². The molecule has 0 atom stereocenters. The van der Waals surface area contributed by atoms with Gasteiger partial charge < -0.3 is 10.2 Å². The quantitative estimate of drug-likeness (QED) is 0.887. The highest BCUT2D eigenvalue weighted by Gasteiger charge is 2.17. The van der Waals surface area contributed by atoms with Gasteiger partial charge in [0.2, 0.25) is 5.91 Å². The van der Waals surface area contributed by atoms with Crippen LogP contribution in [-0.4, -0.2) is 35.4 Å². The van der Waals surface area contributed by atoms with E-state index in [1.807, 2.05) is 19.5 Å². The molecule has 1 aliphatic carbocycles. The van der Waals surface area contributed by atoms with E-state index in [0.717, 1.165) is 5.69 Å². The summed E-state index contributed by atoms with van der Waals surface area (Å²) in [7, 11) is 1.86. The van der Waals surface area contributed by atoms with Crippen LogP contribution in [0, 0.1) is 6.92 Å². The Morgan fingerprint density at radius 3 is 2.89 bits per heavy atom. The van der Waals surface area contributed by atoms with Gasteiger partial charge in [-0.05, 0) is 19.8 Å². The van der Waals surface area contributed by atoms with Crippen LogP contribution in [0.4, 0.5) is 0 Å². The SMILES string of the molecule is Cc1ncsc1CN(C)C(=O)CNC1CCCC1. The Labute approximate surface area is 112 Å². The molecule has 1 fully saturated rings. The van der Waals surface area contributed by atoms with Gasteiger partial charge in [-0.1, -0.05) is 12.8 Å². The number of hydrogen-bond acceptors (Lipinski definition) is 4. The Kier molecular flexibility index (Phi) is 4.72. The molecule has 18 heavy (non-hydrogen) atoms. The van der Waals surface area contributed by atoms with Gasteiger partial charge in [-0.2, -0.15) is 0 Å². The molecule has 1 aromatic rings. The van der Waals surface area contributed by atoms with Gasteiger partial charge in [0.25, 0.3) is 0 Å². The first-order valence-electron chi connectivity index (χ1n) is 6.53. The third-order valence-electron chi connectivity index (χ3n) is 3.55. The fourth-order valence-electron chi connectivity index (χ4n) is 2.28. The lowest BCUT2D eigenvalue weighted by atomic mass is 10.2. The standard InChI is InChI=1S/C13H21N3OS/c1-10-12(18-9-15-10)8-16(2)13(17)7-14-11-5-3-4-6-11/h9,11,14H,3-8H2,1-2H3. The number of carbonyl (C=O) groups is 1. The second-order valence-electron chi connectivity index (χ2n) is 4.97. The van der Waals surface area contributed by atoms with Crippen LogP contribution < -0.4 is 5.32 Å². The lowest BCUT2D eigenvalue weighted by molar-refractivity contribution is -0.129. The number of thiazole rings is 1. The zero-order chi connectivity index (χ0) is 13.0. The summed E-state index contributed by atoms with van der Waals surface area (Å²) in [6, 6.07) is 0.549. The number of carbonyl (C=O) groups excluding carboxylic acids is 1. The van der Waals surface area contributed by atoms with Gasteiger partial charge in [0.1, 0.15) is 0 Å². The Hall–Kier alpha value is -0.940. The highest BCUT2D eigenvalue weighted by molar-refractivity contribution is 7.09. The molecule has 0 unspecified atom stereocenters. The molecule has 1 N–H and O–H groups in total. The third-order valence-corrected chi connectivity index (χ3v) is 4.47. The molecular weight excluding hydrogens is 246 g/mol. The largest absolute Gasteiger partial charge is 0.339 e. The zero-order valence-electron chi connectivity index (χ0n) is 11.1. The predicted molar refractivity (Wildman–Crippen MR) is 73.6 cm³/mol. The average Bonchev–Trinajstić information content (AvgIpc) is 2.99. The smallest absolute Gasteiger partial charge is 0.236 e. The number of hydrogen-bond donors (Lipinski definition) is 1. The first-order chi connectivity index (χ1) is 8.66. The molecule has 4 nitrogen and oxygen atoms in total. The van der Waals surface area contributed by atoms with Gasteiger partial charge in [0, 0.05) is 18.0 Å². The van der Waals surface area contributed by atoms with E-state index in [2.05, 4.69) is 10.3 Å². The molecule has 1 heterocycles. The highest BCUT2D eigenvalue weighted by Crippen LogP contribution is 2.17. The van der Waals surface area contributed by atoms with E-state index in [1.54, 1.807) is 16.2 Å². The van der Waals surface area contributed by atoms with Crippen LogP contribution in [0.25, 0.3) is 0 Å². The molecule has 0 aliphatic heterocycles. The summed E-state index contributed by atoms with van der Waals surface area (Å²) in [6.45, 7) is 3.11. The first-order valence-corrected chi connectivity index (χ1v) is 7.41. The fourth-order valence-corrected chi connectivity index (χ4v) is 3.11. The van der Waals surface area contributed by atoms with Crippen LogP contribution in [0.5, 0.6) is 0 Å². The molecule has 2 rings (SSSR count). The van der Waals surface area contributed by atoms with Crippen molar-refractivity contribution >= 4 is 17.2 Å². The van der Waals surface area contributed by atoms with Crippen LogP contribution in [0.15, 0.2) is 5.51 Å². The van der Waals surface area contributed by atoms with E-state index >= 15 is 0 Å². The van der Waals surface area contributed by atoms with E-state index in [9.17, 15) is 4.79 Å². The van der Waals surface area contributed by atoms with Gasteiger partial charge in [-0.15, -0.1) is 11.3 Å². The highest BCUT2D eigenvalue weighted by atomic mass is 32.1. The lowest BCUT2D eigenvalue weighted by Crippen LogP contribution is -2.38. The molecule has 1 saturated carbocycles. The van der Waals surface area contributed by atoms with Crippen molar-refractivity contribution in [3.8, 4) is 0 Å². The van der Waals surface area contributed by atoms with Gasteiger partial charge >= 0.3 is 0 Å². The Morgan fingerprint density at radius 2 is 2.28 bits per heavy atom. The number of likely N-dealkylation sites (N-methyl/N-ethyl adjacent to an activating group) is 1. The molecule has 1 amide bonds. The number of nitrogens with zero attached hydrogens (tertiary/aromatic N) is 2. The third kappa shape index (κ3) is 3.53. The van der Waals surface area contributed by atoms with E-state index in [-0.39, 0.29) is 5.91 Å². The van der Waals surface area contributed by atoms with Crippen molar-refractivity contribution in [3.05, 3.63) is 16.1 Å². The van der Waals surface area contributed by atoms with Crippen LogP contribution in [-0.2, 0) is 11.3 Å². The average molecular weight is 267 g/mol. The van der Waals surface area contributed by atoms with Crippen LogP contribution >= 0.6 is 11.3 Å². The van der Waals surface area contributed by atoms with E-state index in [0.29, 0.717) is 19.1 Å². The van der Waals surface area contributed by atoms with Crippen molar-refractivity contribution in [1.82, 2.24) is 15.2 Å². The first kappa shape index (κ1) is 13.5. The molecule has 0 spiro atoms. The van der Waals surface area contributed by atoms with Crippen LogP contribution in [0.2, 0.25) is 0 Å². The predicted octanol–water partition coefficient (Wildman–Crippen LogP) is 1.94. The number of aryl methyl sites for hydroxylation is 1. The normalized spacial score (nSPS) is 16.1. The Morgan fingerprint density at radius 1 is 1.56 bits per heavy atom. The maximum atomic E-state index is 12.0. The molecule has 0 aromatic carbocycles. The van der Waals surface area contributed by atoms with Gasteiger partial charge in [-0.3, -0.25) is 4.79 Å². The molecule has 100 valence electrons. The number of aromatic nitrogens is 1. The summed E-state index contributed by atoms with van der Waals surface area (Å²) in [5, 5.41) is 3.35. The lowest BCUT2D eigenvalue weighted by Gasteiger charge is -2.18. The summed E-state index contributed by atoms with van der Waals surface area (Å²) in [5.74, 6) is 0.162. The van der Waals surface area contributed by atoms with E-state index in [4.69, 9.17) is 0 Å². The van der Waals surface area contributed by atoms with Crippen molar-refractivity contribution in [2.45, 2.75) is 45.2 Å². The summed E-state index contributed by atoms with van der Waals surface area (Å²) < 4.78 is 0. The van der Waals surface area contributed by atoms with Crippen LogP contribution in [0.1, 0.15) is 36.3 Å². The Balaban J connectivity index is 1.76. The van der Waals surface area contributed by atoms with E-state index in [1.165, 1.54) is 30.6 Å². The molecule has 1 aromatic heterocycles. The van der Waals surface area contributed by atoms with Gasteiger partial charge in [-0.25, -0.2) is 4.98 Å². The molecule has 0 radical (unpaired) electrons. The summed E-state index contributed by atoms with van der Waals surface area (Å²) in [4.78, 5) is 19.1. The number of nitrogens with one attached hydrogen (secondary N) is 1. The van der Waals surface area contributed by atoms with Crippen molar-refractivity contribution in [2.75, 3.05) is 13.6 Å². The summed E-state index contributed by atoms with van der Waals surface area (Å²) in [5.41, 5.74) is 2.86. The van der Waals surface area contributed by atoms with Crippen LogP contribution in [0.3, 0.4) is 0 Å². The fraction of sp³-hybridized carbons (Fsp3) is 0.692. The number of amides is 1. The summed E-state index contributed by atoms with van der Waals surface area (Å²) >= 11 is 1.61. The monoisotopic (exact) mass is 267 g/mol. The zero-order valence-corrected chi connectivity index (χ0v) is 11.9. The van der Waals surface area contributed by atoms with Crippen molar-refractivity contribution in [1.29, 1.82) is 0 Å². The Bertz CT molecular complexity index is 399. The maximum absolute atomic E-state index is 12.0. The minimum absolute atomic E-state index is 0.162. The minimum atomic E-state index is 0.162. The molecule has 5 heteroatoms. The van der Waals surface area contributed by atoms with Crippen molar-refractivity contribution in [3.63, 3.8) is 0 Å². The molecule has 1 aliphatic rings. The minimum Gasteiger partial charge on any atom is -0.339 e. The van der Waals surface area contributed by atoms with Gasteiger partial charge in [0.05, 0.1) is 24.3 Å².